The van der Waals surface area contributed by atoms with E-state index < -0.39 is 6.29 Å². The molecule has 0 bridgehead atoms. The molecule has 4 rings (SSSR count). The van der Waals surface area contributed by atoms with E-state index in [4.69, 9.17) is 15.2 Å². The van der Waals surface area contributed by atoms with E-state index in [0.29, 0.717) is 5.69 Å². The summed E-state index contributed by atoms with van der Waals surface area (Å²) in [4.78, 5) is 6.73. The van der Waals surface area contributed by atoms with E-state index in [-0.39, 0.29) is 24.7 Å². The van der Waals surface area contributed by atoms with Crippen LogP contribution in [0.5, 0.6) is 0 Å². The van der Waals surface area contributed by atoms with E-state index in [1.807, 2.05) is 66.9 Å². The number of nitrogens with zero attached hydrogens (tertiary/aromatic N) is 2. The Labute approximate surface area is 196 Å². The summed E-state index contributed by atoms with van der Waals surface area (Å²) in [5.41, 5.74) is 10.7. The third-order valence-corrected chi connectivity index (χ3v) is 6.27. The first-order valence-electron chi connectivity index (χ1n) is 11.5. The number of likely N-dealkylation sites (N-methyl/N-ethyl adjacent to an activating group) is 1. The summed E-state index contributed by atoms with van der Waals surface area (Å²) in [6.45, 7) is 3.88. The van der Waals surface area contributed by atoms with Gasteiger partial charge in [-0.3, -0.25) is 4.98 Å². The fourth-order valence-electron chi connectivity index (χ4n) is 4.28. The minimum atomic E-state index is -0.499. The monoisotopic (exact) mass is 447 g/mol. The first-order chi connectivity index (χ1) is 16.0. The largest absolute Gasteiger partial charge is 0.399 e. The zero-order valence-electron chi connectivity index (χ0n) is 19.3. The average molecular weight is 448 g/mol. The lowest BCUT2D eigenvalue weighted by Gasteiger charge is -2.42. The van der Waals surface area contributed by atoms with Crippen LogP contribution in [0.3, 0.4) is 0 Å². The summed E-state index contributed by atoms with van der Waals surface area (Å²) in [7, 11) is 2.12. The quantitative estimate of drug-likeness (QED) is 0.506. The van der Waals surface area contributed by atoms with Gasteiger partial charge in [0, 0.05) is 48.6 Å². The van der Waals surface area contributed by atoms with Crippen molar-refractivity contribution >= 4 is 5.69 Å². The van der Waals surface area contributed by atoms with Crippen molar-refractivity contribution in [3.63, 3.8) is 0 Å². The maximum absolute atomic E-state index is 9.41. The maximum atomic E-state index is 9.41. The van der Waals surface area contributed by atoms with Gasteiger partial charge in [0.1, 0.15) is 0 Å². The van der Waals surface area contributed by atoms with E-state index in [0.717, 1.165) is 41.9 Å². The topological polar surface area (TPSA) is 80.8 Å². The molecule has 0 spiro atoms. The van der Waals surface area contributed by atoms with Gasteiger partial charge in [-0.1, -0.05) is 49.4 Å². The second kappa shape index (κ2) is 10.9. The molecule has 3 N–H and O–H groups in total. The van der Waals surface area contributed by atoms with E-state index in [1.165, 1.54) is 0 Å². The Hall–Kier alpha value is -2.77. The number of ether oxygens (including phenoxy) is 2. The Morgan fingerprint density at radius 2 is 1.82 bits per heavy atom. The number of hydrogen-bond donors (Lipinski definition) is 2. The number of nitrogens with two attached hydrogens (primary N) is 1. The predicted molar refractivity (Wildman–Crippen MR) is 129 cm³/mol. The number of benzene rings is 2. The number of anilines is 1. The molecule has 6 heteroatoms. The highest BCUT2D eigenvalue weighted by Crippen LogP contribution is 2.42. The van der Waals surface area contributed by atoms with Crippen LogP contribution in [0.4, 0.5) is 5.69 Å². The van der Waals surface area contributed by atoms with Crippen molar-refractivity contribution in [2.24, 2.45) is 5.92 Å². The Morgan fingerprint density at radius 1 is 1.00 bits per heavy atom. The van der Waals surface area contributed by atoms with Gasteiger partial charge < -0.3 is 25.2 Å². The lowest BCUT2D eigenvalue weighted by molar-refractivity contribution is -0.275. The number of aromatic nitrogens is 1. The van der Waals surface area contributed by atoms with Crippen molar-refractivity contribution in [2.45, 2.75) is 38.4 Å². The highest BCUT2D eigenvalue weighted by molar-refractivity contribution is 5.41. The molecule has 0 unspecified atom stereocenters. The summed E-state index contributed by atoms with van der Waals surface area (Å²) in [6.07, 6.45) is 2.07. The average Bonchev–Trinajstić information content (AvgIpc) is 2.85. The van der Waals surface area contributed by atoms with E-state index in [9.17, 15) is 5.11 Å². The van der Waals surface area contributed by atoms with Gasteiger partial charge >= 0.3 is 0 Å². The van der Waals surface area contributed by atoms with Crippen molar-refractivity contribution in [1.29, 1.82) is 0 Å². The number of rotatable bonds is 8. The second-order valence-electron chi connectivity index (χ2n) is 8.83. The van der Waals surface area contributed by atoms with Crippen LogP contribution in [-0.4, -0.2) is 41.2 Å². The summed E-state index contributed by atoms with van der Waals surface area (Å²) < 4.78 is 13.0. The third kappa shape index (κ3) is 5.97. The van der Waals surface area contributed by atoms with Gasteiger partial charge in [-0.25, -0.2) is 0 Å². The Kier molecular flexibility index (Phi) is 7.73. The molecular formula is C27H33N3O3. The van der Waals surface area contributed by atoms with Gasteiger partial charge in [0.05, 0.1) is 18.8 Å². The molecule has 0 amide bonds. The van der Waals surface area contributed by atoms with Crippen LogP contribution in [0.1, 0.15) is 41.7 Å². The standard InChI is InChI=1S/C27H33N3O3/c1-19-25(17-30(2)15-13-24-8-3-4-14-29-24)32-27(22-6-5-7-23(28)16-22)33-26(19)21-11-9-20(18-31)10-12-21/h3-12,14,16,19,25-27,31H,13,15,17-18,28H2,1-2H3/t19-,25+,26+,27+/m0/s1. The molecule has 4 atom stereocenters. The molecule has 6 nitrogen and oxygen atoms in total. The van der Waals surface area contributed by atoms with Crippen molar-refractivity contribution < 1.29 is 14.6 Å². The molecule has 0 saturated carbocycles. The molecule has 1 aromatic heterocycles. The van der Waals surface area contributed by atoms with E-state index in [1.54, 1.807) is 0 Å². The first kappa shape index (κ1) is 23.4. The van der Waals surface area contributed by atoms with Crippen molar-refractivity contribution in [1.82, 2.24) is 9.88 Å². The molecule has 174 valence electrons. The smallest absolute Gasteiger partial charge is 0.185 e. The van der Waals surface area contributed by atoms with Crippen molar-refractivity contribution in [3.8, 4) is 0 Å². The minimum absolute atomic E-state index is 0.0265. The van der Waals surface area contributed by atoms with Gasteiger partial charge in [-0.05, 0) is 42.4 Å². The van der Waals surface area contributed by atoms with Crippen LogP contribution >= 0.6 is 0 Å². The fourth-order valence-corrected chi connectivity index (χ4v) is 4.28. The molecule has 33 heavy (non-hydrogen) atoms. The SMILES string of the molecule is C[C@H]1[C@@H](CN(C)CCc2ccccn2)O[C@@H](c2cccc(N)c2)O[C@H]1c1ccc(CO)cc1. The van der Waals surface area contributed by atoms with Gasteiger partial charge in [0.2, 0.25) is 0 Å². The normalized spacial score (nSPS) is 23.0. The van der Waals surface area contributed by atoms with Gasteiger partial charge in [0.15, 0.2) is 6.29 Å². The van der Waals surface area contributed by atoms with Crippen LogP contribution in [0.2, 0.25) is 0 Å². The number of nitrogen functional groups attached to an aromatic ring is 1. The molecule has 1 saturated heterocycles. The van der Waals surface area contributed by atoms with Crippen molar-refractivity contribution in [2.75, 3.05) is 25.9 Å². The maximum Gasteiger partial charge on any atom is 0.185 e. The van der Waals surface area contributed by atoms with Crippen molar-refractivity contribution in [3.05, 3.63) is 95.3 Å². The zero-order chi connectivity index (χ0) is 23.2. The molecule has 2 aromatic carbocycles. The summed E-state index contributed by atoms with van der Waals surface area (Å²) >= 11 is 0. The Bertz CT molecular complexity index is 1010. The molecular weight excluding hydrogens is 414 g/mol. The van der Waals surface area contributed by atoms with Gasteiger partial charge in [0.25, 0.3) is 0 Å². The summed E-state index contributed by atoms with van der Waals surface area (Å²) in [5, 5.41) is 9.41. The summed E-state index contributed by atoms with van der Waals surface area (Å²) in [6, 6.07) is 21.7. The first-order valence-corrected chi connectivity index (χ1v) is 11.5. The third-order valence-electron chi connectivity index (χ3n) is 6.27. The zero-order valence-corrected chi connectivity index (χ0v) is 19.3. The number of pyridine rings is 1. The Balaban J connectivity index is 1.52. The minimum Gasteiger partial charge on any atom is -0.399 e. The molecule has 0 aliphatic carbocycles. The van der Waals surface area contributed by atoms with Gasteiger partial charge in [-0.15, -0.1) is 0 Å². The van der Waals surface area contributed by atoms with Gasteiger partial charge in [-0.2, -0.15) is 0 Å². The molecule has 2 heterocycles. The lowest BCUT2D eigenvalue weighted by atomic mass is 9.90. The van der Waals surface area contributed by atoms with Crippen LogP contribution in [0.15, 0.2) is 72.9 Å². The number of aliphatic hydroxyl groups is 1. The number of aliphatic hydroxyl groups excluding tert-OH is 1. The second-order valence-corrected chi connectivity index (χ2v) is 8.83. The highest BCUT2D eigenvalue weighted by Gasteiger charge is 2.38. The molecule has 1 aliphatic heterocycles. The van der Waals surface area contributed by atoms with Crippen LogP contribution in [0.25, 0.3) is 0 Å². The van der Waals surface area contributed by atoms with E-state index in [2.05, 4.69) is 29.9 Å². The number of hydrogen-bond acceptors (Lipinski definition) is 6. The lowest BCUT2D eigenvalue weighted by Crippen LogP contribution is -2.43. The molecule has 1 aliphatic rings. The highest BCUT2D eigenvalue weighted by atomic mass is 16.7. The Morgan fingerprint density at radius 3 is 2.52 bits per heavy atom. The predicted octanol–water partition coefficient (Wildman–Crippen LogP) is 4.12. The summed E-state index contributed by atoms with van der Waals surface area (Å²) in [5.74, 6) is 0.139. The fraction of sp³-hybridized carbons (Fsp3) is 0.370. The molecule has 0 radical (unpaired) electrons. The molecule has 3 aromatic rings. The van der Waals surface area contributed by atoms with Crippen LogP contribution in [-0.2, 0) is 22.5 Å². The van der Waals surface area contributed by atoms with E-state index >= 15 is 0 Å². The van der Waals surface area contributed by atoms with Crippen LogP contribution < -0.4 is 5.73 Å². The van der Waals surface area contributed by atoms with Crippen LogP contribution in [0, 0.1) is 5.92 Å². The molecule has 1 fully saturated rings.